The lowest BCUT2D eigenvalue weighted by Crippen LogP contribution is -2.37. The van der Waals surface area contributed by atoms with Gasteiger partial charge >= 0.3 is 6.18 Å². The average Bonchev–Trinajstić information content (AvgIpc) is 2.52. The first-order valence-electron chi connectivity index (χ1n) is 7.89. The molecule has 0 spiro atoms. The smallest absolute Gasteiger partial charge is 0.422 e. The van der Waals surface area contributed by atoms with E-state index >= 15 is 0 Å². The molecule has 0 saturated carbocycles. The summed E-state index contributed by atoms with van der Waals surface area (Å²) in [6, 6.07) is 3.31. The molecule has 0 unspecified atom stereocenters. The van der Waals surface area contributed by atoms with Gasteiger partial charge in [-0.05, 0) is 24.8 Å². The highest BCUT2D eigenvalue weighted by atomic mass is 127. The second kappa shape index (κ2) is 12.2. The first-order chi connectivity index (χ1) is 11.3. The Kier molecular flexibility index (Phi) is 11.5. The minimum Gasteiger partial charge on any atom is -0.468 e. The van der Waals surface area contributed by atoms with Crippen molar-refractivity contribution in [3.63, 3.8) is 0 Å². The van der Waals surface area contributed by atoms with Crippen LogP contribution in [0.4, 0.5) is 13.2 Å². The van der Waals surface area contributed by atoms with E-state index in [2.05, 4.69) is 34.5 Å². The fourth-order valence-corrected chi connectivity index (χ4v) is 1.96. The Morgan fingerprint density at radius 2 is 2.04 bits per heavy atom. The van der Waals surface area contributed by atoms with Crippen LogP contribution in [0.15, 0.2) is 23.3 Å². The van der Waals surface area contributed by atoms with Crippen LogP contribution < -0.4 is 15.4 Å². The van der Waals surface area contributed by atoms with Crippen molar-refractivity contribution < 1.29 is 17.9 Å². The second-order valence-electron chi connectivity index (χ2n) is 5.76. The summed E-state index contributed by atoms with van der Waals surface area (Å²) in [6.07, 6.45) is -0.863. The second-order valence-corrected chi connectivity index (χ2v) is 5.76. The number of pyridine rings is 1. The maximum Gasteiger partial charge on any atom is 0.422 e. The lowest BCUT2D eigenvalue weighted by molar-refractivity contribution is -0.154. The van der Waals surface area contributed by atoms with E-state index in [1.807, 2.05) is 0 Å². The molecule has 0 radical (unpaired) electrons. The Balaban J connectivity index is 0.00000576. The van der Waals surface area contributed by atoms with E-state index in [-0.39, 0.29) is 36.4 Å². The number of ether oxygens (including phenoxy) is 1. The molecule has 25 heavy (non-hydrogen) atoms. The molecule has 0 atom stereocenters. The van der Waals surface area contributed by atoms with E-state index in [0.717, 1.165) is 19.4 Å². The molecule has 5 nitrogen and oxygen atoms in total. The first-order valence-corrected chi connectivity index (χ1v) is 7.89. The molecule has 1 aromatic rings. The summed E-state index contributed by atoms with van der Waals surface area (Å²) < 4.78 is 41.6. The standard InChI is InChI=1S/C16H25F3N4O.HI/c1-12(2)6-4-9-22-15(20-3)23-10-13-7-5-8-21-14(13)24-11-16(17,18)19;/h5,7-8,12H,4,6,9-11H2,1-3H3,(H2,20,22,23);1H. The molecule has 1 aromatic heterocycles. The number of hydrogen-bond acceptors (Lipinski definition) is 3. The van der Waals surface area contributed by atoms with Crippen molar-refractivity contribution in [2.75, 3.05) is 20.2 Å². The third kappa shape index (κ3) is 11.1. The largest absolute Gasteiger partial charge is 0.468 e. The average molecular weight is 474 g/mol. The normalized spacial score (nSPS) is 11.9. The van der Waals surface area contributed by atoms with Gasteiger partial charge in [0.25, 0.3) is 0 Å². The molecule has 9 heteroatoms. The van der Waals surface area contributed by atoms with Crippen LogP contribution in [0.2, 0.25) is 0 Å². The van der Waals surface area contributed by atoms with Gasteiger partial charge in [-0.25, -0.2) is 4.98 Å². The molecule has 1 heterocycles. The molecule has 0 aromatic carbocycles. The molecule has 0 saturated heterocycles. The summed E-state index contributed by atoms with van der Waals surface area (Å²) in [4.78, 5) is 7.95. The summed E-state index contributed by atoms with van der Waals surface area (Å²) >= 11 is 0. The van der Waals surface area contributed by atoms with Crippen LogP contribution in [0.25, 0.3) is 0 Å². The predicted molar refractivity (Wildman–Crippen MR) is 103 cm³/mol. The highest BCUT2D eigenvalue weighted by Crippen LogP contribution is 2.19. The molecule has 1 rings (SSSR count). The SMILES string of the molecule is CN=C(NCCCC(C)C)NCc1cccnc1OCC(F)(F)F.I. The van der Waals surface area contributed by atoms with Gasteiger partial charge in [0, 0.05) is 31.9 Å². The maximum atomic E-state index is 12.3. The van der Waals surface area contributed by atoms with Gasteiger partial charge in [0.15, 0.2) is 12.6 Å². The summed E-state index contributed by atoms with van der Waals surface area (Å²) in [7, 11) is 1.64. The van der Waals surface area contributed by atoms with Crippen LogP contribution in [0.1, 0.15) is 32.3 Å². The van der Waals surface area contributed by atoms with E-state index in [1.165, 1.54) is 6.20 Å². The van der Waals surface area contributed by atoms with Crippen molar-refractivity contribution in [1.82, 2.24) is 15.6 Å². The maximum absolute atomic E-state index is 12.3. The van der Waals surface area contributed by atoms with Gasteiger partial charge in [-0.15, -0.1) is 24.0 Å². The first kappa shape index (κ1) is 23.7. The molecular weight excluding hydrogens is 448 g/mol. The quantitative estimate of drug-likeness (QED) is 0.261. The zero-order chi connectivity index (χ0) is 18.0. The van der Waals surface area contributed by atoms with Gasteiger partial charge in [-0.3, -0.25) is 4.99 Å². The summed E-state index contributed by atoms with van der Waals surface area (Å²) in [5, 5.41) is 6.22. The molecule has 0 aliphatic rings. The van der Waals surface area contributed by atoms with Gasteiger partial charge < -0.3 is 15.4 Å². The zero-order valence-corrected chi connectivity index (χ0v) is 17.0. The molecule has 0 bridgehead atoms. The summed E-state index contributed by atoms with van der Waals surface area (Å²) in [5.74, 6) is 1.20. The Morgan fingerprint density at radius 3 is 2.64 bits per heavy atom. The highest BCUT2D eigenvalue weighted by Gasteiger charge is 2.29. The number of halogens is 4. The Labute approximate surface area is 163 Å². The number of aliphatic imine (C=N–C) groups is 1. The fourth-order valence-electron chi connectivity index (χ4n) is 1.96. The van der Waals surface area contributed by atoms with Gasteiger partial charge in [0.1, 0.15) is 0 Å². The lowest BCUT2D eigenvalue weighted by Gasteiger charge is -2.15. The van der Waals surface area contributed by atoms with Gasteiger partial charge in [0.2, 0.25) is 5.88 Å². The molecule has 0 aliphatic carbocycles. The minimum absolute atomic E-state index is 0. The summed E-state index contributed by atoms with van der Waals surface area (Å²) in [5.41, 5.74) is 0.534. The number of alkyl halides is 3. The fraction of sp³-hybridized carbons (Fsp3) is 0.625. The van der Waals surface area contributed by atoms with Crippen molar-refractivity contribution in [1.29, 1.82) is 0 Å². The van der Waals surface area contributed by atoms with E-state index in [9.17, 15) is 13.2 Å². The van der Waals surface area contributed by atoms with Crippen molar-refractivity contribution in [2.45, 2.75) is 39.4 Å². The third-order valence-electron chi connectivity index (χ3n) is 3.14. The highest BCUT2D eigenvalue weighted by molar-refractivity contribution is 14.0. The molecule has 0 fully saturated rings. The number of nitrogens with one attached hydrogen (secondary N) is 2. The van der Waals surface area contributed by atoms with E-state index in [1.54, 1.807) is 19.2 Å². The van der Waals surface area contributed by atoms with Crippen LogP contribution in [-0.2, 0) is 6.54 Å². The predicted octanol–water partition coefficient (Wildman–Crippen LogP) is 3.74. The van der Waals surface area contributed by atoms with Crippen molar-refractivity contribution in [2.24, 2.45) is 10.9 Å². The van der Waals surface area contributed by atoms with E-state index in [0.29, 0.717) is 17.4 Å². The third-order valence-corrected chi connectivity index (χ3v) is 3.14. The van der Waals surface area contributed by atoms with Gasteiger partial charge in [0.05, 0.1) is 0 Å². The van der Waals surface area contributed by atoms with Crippen LogP contribution in [0.3, 0.4) is 0 Å². The Morgan fingerprint density at radius 1 is 1.32 bits per heavy atom. The van der Waals surface area contributed by atoms with E-state index in [4.69, 9.17) is 4.74 Å². The number of aromatic nitrogens is 1. The van der Waals surface area contributed by atoms with Crippen molar-refractivity contribution in [3.05, 3.63) is 23.9 Å². The molecule has 0 aliphatic heterocycles. The summed E-state index contributed by atoms with van der Waals surface area (Å²) in [6.45, 7) is 4.02. The van der Waals surface area contributed by atoms with Crippen molar-refractivity contribution in [3.8, 4) is 5.88 Å². The molecule has 144 valence electrons. The molecular formula is C16H26F3IN4O. The topological polar surface area (TPSA) is 58.5 Å². The number of rotatable bonds is 8. The van der Waals surface area contributed by atoms with E-state index < -0.39 is 12.8 Å². The minimum atomic E-state index is -4.39. The van der Waals surface area contributed by atoms with Gasteiger partial charge in [-0.1, -0.05) is 19.9 Å². The number of guanidine groups is 1. The number of nitrogens with zero attached hydrogens (tertiary/aromatic N) is 2. The Bertz CT molecular complexity index is 524. The van der Waals surface area contributed by atoms with Crippen LogP contribution in [-0.4, -0.2) is 37.3 Å². The number of hydrogen-bond donors (Lipinski definition) is 2. The van der Waals surface area contributed by atoms with Crippen LogP contribution in [0.5, 0.6) is 5.88 Å². The van der Waals surface area contributed by atoms with Gasteiger partial charge in [-0.2, -0.15) is 13.2 Å². The molecule has 0 amide bonds. The zero-order valence-electron chi connectivity index (χ0n) is 14.7. The Hall–Kier alpha value is -1.26. The monoisotopic (exact) mass is 474 g/mol. The van der Waals surface area contributed by atoms with Crippen molar-refractivity contribution >= 4 is 29.9 Å². The molecule has 2 N–H and O–H groups in total. The van der Waals surface area contributed by atoms with Crippen LogP contribution in [0, 0.1) is 5.92 Å². The van der Waals surface area contributed by atoms with Crippen LogP contribution >= 0.6 is 24.0 Å². The lowest BCUT2D eigenvalue weighted by atomic mass is 10.1.